The Morgan fingerprint density at radius 2 is 1.92 bits per heavy atom. The first-order chi connectivity index (χ1) is 5.63. The van der Waals surface area contributed by atoms with E-state index in [1.165, 1.54) is 0 Å². The number of aliphatic hydroxyl groups excluding tert-OH is 2. The van der Waals surface area contributed by atoms with Gasteiger partial charge in [-0.3, -0.25) is 4.79 Å². The number of nitriles is 2. The zero-order valence-corrected chi connectivity index (χ0v) is 6.27. The molecule has 0 spiro atoms. The van der Waals surface area contributed by atoms with E-state index in [1.54, 1.807) is 12.1 Å². The second-order valence-electron chi connectivity index (χ2n) is 2.18. The Morgan fingerprint density at radius 1 is 1.33 bits per heavy atom. The molecule has 0 aliphatic heterocycles. The van der Waals surface area contributed by atoms with Crippen molar-refractivity contribution in [1.29, 1.82) is 10.5 Å². The van der Waals surface area contributed by atoms with Crippen LogP contribution in [0.25, 0.3) is 0 Å². The molecular weight excluding hydrogens is 160 g/mol. The van der Waals surface area contributed by atoms with E-state index in [9.17, 15) is 4.79 Å². The van der Waals surface area contributed by atoms with Crippen molar-refractivity contribution in [1.82, 2.24) is 0 Å². The molecular formula is C7H8N2O3. The van der Waals surface area contributed by atoms with Gasteiger partial charge in [0.15, 0.2) is 5.78 Å². The highest BCUT2D eigenvalue weighted by molar-refractivity contribution is 5.85. The first kappa shape index (κ1) is 10.6. The van der Waals surface area contributed by atoms with Crippen LogP contribution in [0.2, 0.25) is 0 Å². The van der Waals surface area contributed by atoms with Gasteiger partial charge in [-0.25, -0.2) is 0 Å². The molecule has 2 N–H and O–H groups in total. The van der Waals surface area contributed by atoms with E-state index in [0.717, 1.165) is 0 Å². The molecule has 0 bridgehead atoms. The number of nitrogens with zero attached hydrogens (tertiary/aromatic N) is 2. The SMILES string of the molecule is N#CCC(=O)C(O)C(O)CC#N. The molecule has 0 fully saturated rings. The van der Waals surface area contributed by atoms with E-state index in [0.29, 0.717) is 0 Å². The Kier molecular flexibility index (Phi) is 4.62. The normalized spacial score (nSPS) is 14.0. The van der Waals surface area contributed by atoms with E-state index in [2.05, 4.69) is 0 Å². The van der Waals surface area contributed by atoms with Gasteiger partial charge in [-0.1, -0.05) is 0 Å². The molecule has 5 heteroatoms. The molecule has 0 rings (SSSR count). The van der Waals surface area contributed by atoms with Crippen LogP contribution in [0.15, 0.2) is 0 Å². The number of Topliss-reactive ketones (excluding diaryl/α,β-unsaturated/α-hetero) is 1. The van der Waals surface area contributed by atoms with Gasteiger partial charge in [-0.2, -0.15) is 10.5 Å². The smallest absolute Gasteiger partial charge is 0.177 e. The van der Waals surface area contributed by atoms with Crippen LogP contribution in [-0.2, 0) is 4.79 Å². The van der Waals surface area contributed by atoms with Crippen LogP contribution in [0.1, 0.15) is 12.8 Å². The van der Waals surface area contributed by atoms with Gasteiger partial charge >= 0.3 is 0 Å². The van der Waals surface area contributed by atoms with E-state index in [-0.39, 0.29) is 6.42 Å². The zero-order chi connectivity index (χ0) is 9.56. The van der Waals surface area contributed by atoms with Crippen molar-refractivity contribution in [2.45, 2.75) is 25.0 Å². The van der Waals surface area contributed by atoms with Crippen LogP contribution >= 0.6 is 0 Å². The average molecular weight is 168 g/mol. The molecule has 0 heterocycles. The maximum atomic E-state index is 10.7. The molecule has 0 aromatic rings. The van der Waals surface area contributed by atoms with E-state index < -0.39 is 24.4 Å². The fraction of sp³-hybridized carbons (Fsp3) is 0.571. The number of hydrogen-bond donors (Lipinski definition) is 2. The van der Waals surface area contributed by atoms with Gasteiger partial charge in [0.1, 0.15) is 6.10 Å². The van der Waals surface area contributed by atoms with E-state index in [1.807, 2.05) is 0 Å². The van der Waals surface area contributed by atoms with Gasteiger partial charge < -0.3 is 10.2 Å². The number of carbonyl (C=O) groups excluding carboxylic acids is 1. The number of aliphatic hydroxyl groups is 2. The summed E-state index contributed by atoms with van der Waals surface area (Å²) < 4.78 is 0. The standard InChI is InChI=1S/C7H8N2O3/c8-3-1-5(10)7(12)6(11)2-4-9/h5,7,10,12H,1-2H2. The monoisotopic (exact) mass is 168 g/mol. The summed E-state index contributed by atoms with van der Waals surface area (Å²) in [5.74, 6) is -0.764. The Bertz CT molecular complexity index is 238. The van der Waals surface area contributed by atoms with Crippen LogP contribution < -0.4 is 0 Å². The van der Waals surface area contributed by atoms with Crippen molar-refractivity contribution in [2.24, 2.45) is 0 Å². The minimum Gasteiger partial charge on any atom is -0.389 e. The summed E-state index contributed by atoms with van der Waals surface area (Å²) in [7, 11) is 0. The summed E-state index contributed by atoms with van der Waals surface area (Å²) in [5, 5.41) is 34.0. The number of hydrogen-bond acceptors (Lipinski definition) is 5. The van der Waals surface area contributed by atoms with Gasteiger partial charge in [0, 0.05) is 0 Å². The molecule has 0 aliphatic carbocycles. The Hall–Kier alpha value is -1.43. The number of rotatable bonds is 4. The van der Waals surface area contributed by atoms with Crippen LogP contribution in [-0.4, -0.2) is 28.2 Å². The van der Waals surface area contributed by atoms with E-state index >= 15 is 0 Å². The summed E-state index contributed by atoms with van der Waals surface area (Å²) in [6, 6.07) is 3.14. The lowest BCUT2D eigenvalue weighted by atomic mass is 10.1. The maximum Gasteiger partial charge on any atom is 0.177 e. The van der Waals surface area contributed by atoms with Crippen molar-refractivity contribution in [2.75, 3.05) is 0 Å². The van der Waals surface area contributed by atoms with Crippen molar-refractivity contribution in [3.8, 4) is 12.1 Å². The minimum atomic E-state index is -1.62. The lowest BCUT2D eigenvalue weighted by Crippen LogP contribution is -2.33. The Labute approximate surface area is 69.5 Å². The third-order valence-electron chi connectivity index (χ3n) is 1.25. The quantitative estimate of drug-likeness (QED) is 0.566. The van der Waals surface area contributed by atoms with Crippen LogP contribution in [0.4, 0.5) is 0 Å². The average Bonchev–Trinajstić information content (AvgIpc) is 2.04. The fourth-order valence-electron chi connectivity index (χ4n) is 0.602. The van der Waals surface area contributed by atoms with Crippen LogP contribution in [0.3, 0.4) is 0 Å². The lowest BCUT2D eigenvalue weighted by molar-refractivity contribution is -0.131. The van der Waals surface area contributed by atoms with Crippen molar-refractivity contribution < 1.29 is 15.0 Å². The maximum absolute atomic E-state index is 10.7. The second kappa shape index (κ2) is 5.25. The zero-order valence-electron chi connectivity index (χ0n) is 6.27. The molecule has 0 saturated heterocycles. The fourth-order valence-corrected chi connectivity index (χ4v) is 0.602. The molecule has 0 saturated carbocycles. The topological polar surface area (TPSA) is 105 Å². The van der Waals surface area contributed by atoms with E-state index in [4.69, 9.17) is 20.7 Å². The molecule has 2 unspecified atom stereocenters. The summed E-state index contributed by atoms with van der Waals surface area (Å²) in [6.07, 6.45) is -3.79. The molecule has 0 aliphatic rings. The van der Waals surface area contributed by atoms with Gasteiger partial charge in [-0.05, 0) is 0 Å². The van der Waals surface area contributed by atoms with Gasteiger partial charge in [0.2, 0.25) is 0 Å². The van der Waals surface area contributed by atoms with Crippen LogP contribution in [0.5, 0.6) is 0 Å². The first-order valence-corrected chi connectivity index (χ1v) is 3.26. The molecule has 2 atom stereocenters. The second-order valence-corrected chi connectivity index (χ2v) is 2.18. The molecule has 5 nitrogen and oxygen atoms in total. The predicted molar refractivity (Wildman–Crippen MR) is 37.5 cm³/mol. The molecule has 0 amide bonds. The highest BCUT2D eigenvalue weighted by Gasteiger charge is 2.22. The Balaban J connectivity index is 4.03. The highest BCUT2D eigenvalue weighted by Crippen LogP contribution is 2.01. The first-order valence-electron chi connectivity index (χ1n) is 3.26. The Morgan fingerprint density at radius 3 is 2.33 bits per heavy atom. The summed E-state index contributed by atoms with van der Waals surface area (Å²) in [6.45, 7) is 0. The summed E-state index contributed by atoms with van der Waals surface area (Å²) in [4.78, 5) is 10.7. The molecule has 12 heavy (non-hydrogen) atoms. The summed E-state index contributed by atoms with van der Waals surface area (Å²) >= 11 is 0. The molecule has 0 aromatic heterocycles. The third kappa shape index (κ3) is 3.11. The van der Waals surface area contributed by atoms with Crippen molar-refractivity contribution in [3.05, 3.63) is 0 Å². The third-order valence-corrected chi connectivity index (χ3v) is 1.25. The van der Waals surface area contributed by atoms with Crippen molar-refractivity contribution in [3.63, 3.8) is 0 Å². The summed E-state index contributed by atoms with van der Waals surface area (Å²) in [5.41, 5.74) is 0. The van der Waals surface area contributed by atoms with Gasteiger partial charge in [0.05, 0.1) is 31.1 Å². The molecule has 0 aromatic carbocycles. The highest BCUT2D eigenvalue weighted by atomic mass is 16.3. The lowest BCUT2D eigenvalue weighted by Gasteiger charge is -2.11. The molecule has 64 valence electrons. The largest absolute Gasteiger partial charge is 0.389 e. The number of carbonyl (C=O) groups is 1. The minimum absolute atomic E-state index is 0.321. The number of ketones is 1. The van der Waals surface area contributed by atoms with Crippen molar-refractivity contribution >= 4 is 5.78 Å². The van der Waals surface area contributed by atoms with Crippen LogP contribution in [0, 0.1) is 22.7 Å². The van der Waals surface area contributed by atoms with Gasteiger partial charge in [0.25, 0.3) is 0 Å². The molecule has 0 radical (unpaired) electrons. The van der Waals surface area contributed by atoms with Gasteiger partial charge in [-0.15, -0.1) is 0 Å². The predicted octanol–water partition coefficient (Wildman–Crippen LogP) is -0.895.